The number of halogens is 1. The second-order valence-corrected chi connectivity index (χ2v) is 4.40. The first-order valence-corrected chi connectivity index (χ1v) is 6.19. The number of nitrogens with one attached hydrogen (secondary N) is 1. The minimum absolute atomic E-state index is 0.139. The second-order valence-electron chi connectivity index (χ2n) is 3.60. The van der Waals surface area contributed by atoms with E-state index < -0.39 is 0 Å². The zero-order valence-electron chi connectivity index (χ0n) is 9.01. The van der Waals surface area contributed by atoms with Crippen LogP contribution in [0.1, 0.15) is 26.7 Å². The third-order valence-electron chi connectivity index (χ3n) is 1.60. The van der Waals surface area contributed by atoms with Crippen LogP contribution in [0.4, 0.5) is 0 Å². The first-order valence-electron chi connectivity index (χ1n) is 5.07. The van der Waals surface area contributed by atoms with Crippen molar-refractivity contribution in [2.24, 2.45) is 5.92 Å². The molecule has 1 N–H and O–H groups in total. The van der Waals surface area contributed by atoms with Crippen LogP contribution in [0, 0.1) is 5.92 Å². The first kappa shape index (κ1) is 13.9. The van der Waals surface area contributed by atoms with E-state index >= 15 is 0 Å². The van der Waals surface area contributed by atoms with Crippen LogP contribution in [0.15, 0.2) is 0 Å². The van der Waals surface area contributed by atoms with Gasteiger partial charge in [0, 0.05) is 24.9 Å². The van der Waals surface area contributed by atoms with Crippen molar-refractivity contribution in [1.29, 1.82) is 0 Å². The average molecular weight is 266 g/mol. The van der Waals surface area contributed by atoms with E-state index in [4.69, 9.17) is 4.74 Å². The van der Waals surface area contributed by atoms with Crippen LogP contribution in [-0.2, 0) is 9.53 Å². The molecule has 0 aromatic heterocycles. The number of carbonyl (C=O) groups excluding carboxylic acids is 1. The third kappa shape index (κ3) is 9.99. The topological polar surface area (TPSA) is 38.3 Å². The van der Waals surface area contributed by atoms with Gasteiger partial charge in [-0.25, -0.2) is 0 Å². The quantitative estimate of drug-likeness (QED) is 0.538. The highest BCUT2D eigenvalue weighted by molar-refractivity contribution is 9.09. The molecule has 0 spiro atoms. The maximum atomic E-state index is 11.2. The molecule has 0 rings (SSSR count). The Morgan fingerprint density at radius 1 is 1.43 bits per heavy atom. The molecule has 0 atom stereocenters. The number of hydrogen-bond donors (Lipinski definition) is 1. The third-order valence-corrected chi connectivity index (χ3v) is 1.93. The first-order chi connectivity index (χ1) is 6.66. The van der Waals surface area contributed by atoms with Crippen molar-refractivity contribution in [2.75, 3.05) is 25.1 Å². The smallest absolute Gasteiger partial charge is 0.220 e. The summed E-state index contributed by atoms with van der Waals surface area (Å²) in [5.41, 5.74) is 0. The summed E-state index contributed by atoms with van der Waals surface area (Å²) in [5.74, 6) is 0.570. The minimum atomic E-state index is 0.139. The fraction of sp³-hybridized carbons (Fsp3) is 0.900. The van der Waals surface area contributed by atoms with Crippen LogP contribution in [0.3, 0.4) is 0 Å². The fourth-order valence-corrected chi connectivity index (χ4v) is 1.23. The number of ether oxygens (including phenoxy) is 1. The zero-order chi connectivity index (χ0) is 10.8. The predicted molar refractivity (Wildman–Crippen MR) is 61.7 cm³/mol. The summed E-state index contributed by atoms with van der Waals surface area (Å²) in [5, 5.41) is 3.73. The van der Waals surface area contributed by atoms with Crippen molar-refractivity contribution >= 4 is 21.8 Å². The average Bonchev–Trinajstić information content (AvgIpc) is 2.10. The Labute approximate surface area is 94.7 Å². The standard InChI is InChI=1S/C10H20BrNO2/c1-9(2)8-10(13)12-5-3-6-14-7-4-11/h9H,3-8H2,1-2H3,(H,12,13). The number of carbonyl (C=O) groups is 1. The monoisotopic (exact) mass is 265 g/mol. The maximum absolute atomic E-state index is 11.2. The van der Waals surface area contributed by atoms with Gasteiger partial charge in [-0.05, 0) is 12.3 Å². The van der Waals surface area contributed by atoms with Gasteiger partial charge in [-0.2, -0.15) is 0 Å². The van der Waals surface area contributed by atoms with Crippen LogP contribution in [-0.4, -0.2) is 31.0 Å². The molecule has 0 unspecified atom stereocenters. The van der Waals surface area contributed by atoms with Gasteiger partial charge in [0.15, 0.2) is 0 Å². The lowest BCUT2D eigenvalue weighted by atomic mass is 10.1. The van der Waals surface area contributed by atoms with Gasteiger partial charge in [-0.15, -0.1) is 0 Å². The molecule has 0 aliphatic carbocycles. The Balaban J connectivity index is 3.15. The summed E-state index contributed by atoms with van der Waals surface area (Å²) in [7, 11) is 0. The number of alkyl halides is 1. The van der Waals surface area contributed by atoms with Crippen molar-refractivity contribution in [3.63, 3.8) is 0 Å². The molecule has 0 fully saturated rings. The Hall–Kier alpha value is -0.0900. The van der Waals surface area contributed by atoms with Crippen LogP contribution in [0.5, 0.6) is 0 Å². The van der Waals surface area contributed by atoms with E-state index in [0.29, 0.717) is 25.5 Å². The molecule has 0 aliphatic heterocycles. The number of rotatable bonds is 8. The Morgan fingerprint density at radius 3 is 2.71 bits per heavy atom. The summed E-state index contributed by atoms with van der Waals surface area (Å²) in [6.45, 7) is 6.25. The minimum Gasteiger partial charge on any atom is -0.381 e. The Kier molecular flexibility index (Phi) is 9.40. The molecular weight excluding hydrogens is 246 g/mol. The molecule has 0 aromatic carbocycles. The molecule has 84 valence electrons. The van der Waals surface area contributed by atoms with Crippen LogP contribution < -0.4 is 5.32 Å². The van der Waals surface area contributed by atoms with Crippen LogP contribution in [0.25, 0.3) is 0 Å². The molecule has 0 aliphatic rings. The van der Waals surface area contributed by atoms with Gasteiger partial charge in [0.1, 0.15) is 0 Å². The van der Waals surface area contributed by atoms with Crippen molar-refractivity contribution < 1.29 is 9.53 Å². The summed E-state index contributed by atoms with van der Waals surface area (Å²) in [6, 6.07) is 0. The van der Waals surface area contributed by atoms with E-state index in [0.717, 1.165) is 18.4 Å². The lowest BCUT2D eigenvalue weighted by molar-refractivity contribution is -0.121. The Morgan fingerprint density at radius 2 is 2.14 bits per heavy atom. The lowest BCUT2D eigenvalue weighted by Crippen LogP contribution is -2.26. The zero-order valence-corrected chi connectivity index (χ0v) is 10.6. The van der Waals surface area contributed by atoms with Gasteiger partial charge in [0.25, 0.3) is 0 Å². The van der Waals surface area contributed by atoms with Gasteiger partial charge in [-0.3, -0.25) is 4.79 Å². The highest BCUT2D eigenvalue weighted by Gasteiger charge is 2.02. The van der Waals surface area contributed by atoms with Crippen molar-refractivity contribution in [1.82, 2.24) is 5.32 Å². The molecular formula is C10H20BrNO2. The highest BCUT2D eigenvalue weighted by Crippen LogP contribution is 1.97. The molecule has 0 saturated heterocycles. The molecule has 0 aromatic rings. The normalized spacial score (nSPS) is 10.6. The van der Waals surface area contributed by atoms with E-state index in [2.05, 4.69) is 21.2 Å². The van der Waals surface area contributed by atoms with Crippen molar-refractivity contribution in [2.45, 2.75) is 26.7 Å². The SMILES string of the molecule is CC(C)CC(=O)NCCCOCCBr. The van der Waals surface area contributed by atoms with E-state index in [1.165, 1.54) is 0 Å². The largest absolute Gasteiger partial charge is 0.381 e. The molecule has 3 nitrogen and oxygen atoms in total. The van der Waals surface area contributed by atoms with Crippen LogP contribution in [0.2, 0.25) is 0 Å². The molecule has 0 heterocycles. The van der Waals surface area contributed by atoms with E-state index in [9.17, 15) is 4.79 Å². The maximum Gasteiger partial charge on any atom is 0.220 e. The molecule has 4 heteroatoms. The summed E-state index contributed by atoms with van der Waals surface area (Å²) in [6.07, 6.45) is 1.50. The van der Waals surface area contributed by atoms with Gasteiger partial charge in [0.05, 0.1) is 6.61 Å². The van der Waals surface area contributed by atoms with E-state index in [-0.39, 0.29) is 5.91 Å². The highest BCUT2D eigenvalue weighted by atomic mass is 79.9. The van der Waals surface area contributed by atoms with Crippen molar-refractivity contribution in [3.8, 4) is 0 Å². The molecule has 0 bridgehead atoms. The molecule has 1 amide bonds. The van der Waals surface area contributed by atoms with Crippen LogP contribution >= 0.6 is 15.9 Å². The molecule has 0 saturated carbocycles. The van der Waals surface area contributed by atoms with E-state index in [1.807, 2.05) is 13.8 Å². The van der Waals surface area contributed by atoms with Gasteiger partial charge in [0.2, 0.25) is 5.91 Å². The van der Waals surface area contributed by atoms with E-state index in [1.54, 1.807) is 0 Å². The lowest BCUT2D eigenvalue weighted by Gasteiger charge is -2.06. The Bertz CT molecular complexity index is 151. The van der Waals surface area contributed by atoms with Gasteiger partial charge >= 0.3 is 0 Å². The van der Waals surface area contributed by atoms with Gasteiger partial charge in [-0.1, -0.05) is 29.8 Å². The summed E-state index contributed by atoms with van der Waals surface area (Å²) < 4.78 is 5.25. The number of hydrogen-bond acceptors (Lipinski definition) is 2. The van der Waals surface area contributed by atoms with Crippen molar-refractivity contribution in [3.05, 3.63) is 0 Å². The summed E-state index contributed by atoms with van der Waals surface area (Å²) in [4.78, 5) is 11.2. The molecule has 0 radical (unpaired) electrons. The fourth-order valence-electron chi connectivity index (χ4n) is 1.00. The second kappa shape index (κ2) is 9.46. The molecule has 14 heavy (non-hydrogen) atoms. The summed E-state index contributed by atoms with van der Waals surface area (Å²) >= 11 is 3.27. The number of amides is 1. The van der Waals surface area contributed by atoms with Gasteiger partial charge < -0.3 is 10.1 Å². The predicted octanol–water partition coefficient (Wildman–Crippen LogP) is 1.95.